The van der Waals surface area contributed by atoms with Gasteiger partial charge in [-0.1, -0.05) is 34.1 Å². The van der Waals surface area contributed by atoms with E-state index < -0.39 is 16.0 Å². The number of carbonyl (C=O) groups is 3. The quantitative estimate of drug-likeness (QED) is 0.282. The van der Waals surface area contributed by atoms with Gasteiger partial charge in [0.15, 0.2) is 0 Å². The van der Waals surface area contributed by atoms with Crippen LogP contribution in [0.5, 0.6) is 5.75 Å². The summed E-state index contributed by atoms with van der Waals surface area (Å²) in [4.78, 5) is 34.0. The summed E-state index contributed by atoms with van der Waals surface area (Å²) in [5.41, 5.74) is 1.15. The van der Waals surface area contributed by atoms with E-state index in [-0.39, 0.29) is 29.4 Å². The maximum absolute atomic E-state index is 12.8. The van der Waals surface area contributed by atoms with Crippen molar-refractivity contribution in [3.05, 3.63) is 18.2 Å². The number of carbonyl (C=O) groups excluding carboxylic acids is 3. The Morgan fingerprint density at radius 3 is 2.28 bits per heavy atom. The topological polar surface area (TPSA) is 123 Å². The minimum Gasteiger partial charge on any atom is -0.494 e. The van der Waals surface area contributed by atoms with Crippen LogP contribution in [0.15, 0.2) is 28.2 Å². The summed E-state index contributed by atoms with van der Waals surface area (Å²) in [6.07, 6.45) is 3.08. The molecule has 1 aliphatic heterocycles. The highest BCUT2D eigenvalue weighted by Crippen LogP contribution is 2.34. The normalized spacial score (nSPS) is 13.2. The van der Waals surface area contributed by atoms with Crippen molar-refractivity contribution in [1.82, 2.24) is 4.31 Å². The molecule has 0 radical (unpaired) electrons. The number of methoxy groups -OCH3 is 1. The lowest BCUT2D eigenvalue weighted by atomic mass is 10.2. The molecular formula is C25H39N3O7S. The average Bonchev–Trinajstić information content (AvgIpc) is 3.20. The maximum atomic E-state index is 12.8. The molecule has 1 amide bonds. The van der Waals surface area contributed by atoms with Crippen molar-refractivity contribution in [2.45, 2.75) is 78.0 Å². The zero-order chi connectivity index (χ0) is 27.3. The van der Waals surface area contributed by atoms with Crippen molar-refractivity contribution >= 4 is 39.1 Å². The number of ether oxygens (including phenoxy) is 2. The largest absolute Gasteiger partial charge is 0.494 e. The first-order chi connectivity index (χ1) is 17.1. The van der Waals surface area contributed by atoms with Crippen LogP contribution in [0.1, 0.15) is 73.1 Å². The molecule has 11 heteroatoms. The predicted octanol–water partition coefficient (Wildman–Crippen LogP) is 3.93. The number of amides is 1. The Kier molecular flexibility index (Phi) is 13.3. The van der Waals surface area contributed by atoms with Crippen molar-refractivity contribution in [2.24, 2.45) is 5.10 Å². The predicted molar refractivity (Wildman–Crippen MR) is 139 cm³/mol. The number of esters is 1. The van der Waals surface area contributed by atoms with Crippen molar-refractivity contribution in [1.29, 1.82) is 0 Å². The molecule has 10 nitrogen and oxygen atoms in total. The van der Waals surface area contributed by atoms with Crippen LogP contribution in [0.3, 0.4) is 0 Å². The van der Waals surface area contributed by atoms with E-state index in [1.165, 1.54) is 28.6 Å². The molecule has 0 aliphatic carbocycles. The van der Waals surface area contributed by atoms with E-state index in [0.717, 1.165) is 25.0 Å². The molecule has 1 aromatic rings. The average molecular weight is 526 g/mol. The Morgan fingerprint density at radius 1 is 1.08 bits per heavy atom. The number of hydrogen-bond acceptors (Lipinski definition) is 8. The molecule has 0 fully saturated rings. The van der Waals surface area contributed by atoms with Gasteiger partial charge in [0.2, 0.25) is 10.0 Å². The number of hydrogen-bond donors (Lipinski definition) is 0. The van der Waals surface area contributed by atoms with E-state index in [2.05, 4.69) is 9.84 Å². The number of hydrazone groups is 1. The zero-order valence-electron chi connectivity index (χ0n) is 22.2. The summed E-state index contributed by atoms with van der Waals surface area (Å²) in [7, 11) is -2.15. The standard InChI is InChI=1S/C17H25N3O4S.C8H14O3/c1-5-8-13-11-17(21)20(18-13)15-12-14(9-10-16(15)24-4)25(22,23)19(6-2)7-3;1-3-5-7(9)6-8(10)11-4-2/h9-10,12H,5-8,11H2,1-4H3;3-6H2,1-2H3. The van der Waals surface area contributed by atoms with Gasteiger partial charge in [0.25, 0.3) is 5.91 Å². The summed E-state index contributed by atoms with van der Waals surface area (Å²) >= 11 is 0. The van der Waals surface area contributed by atoms with Gasteiger partial charge < -0.3 is 9.47 Å². The van der Waals surface area contributed by atoms with Crippen LogP contribution in [0.4, 0.5) is 5.69 Å². The lowest BCUT2D eigenvalue weighted by molar-refractivity contribution is -0.145. The molecule has 0 N–H and O–H groups in total. The highest BCUT2D eigenvalue weighted by atomic mass is 32.2. The lowest BCUT2D eigenvalue weighted by Crippen LogP contribution is -2.31. The van der Waals surface area contributed by atoms with Gasteiger partial charge >= 0.3 is 5.97 Å². The third kappa shape index (κ3) is 8.70. The van der Waals surface area contributed by atoms with Gasteiger partial charge in [-0.05, 0) is 38.0 Å². The Hall–Kier alpha value is -2.79. The van der Waals surface area contributed by atoms with E-state index in [0.29, 0.717) is 37.6 Å². The molecule has 0 atom stereocenters. The van der Waals surface area contributed by atoms with Crippen LogP contribution >= 0.6 is 0 Å². The fraction of sp³-hybridized carbons (Fsp3) is 0.600. The summed E-state index contributed by atoms with van der Waals surface area (Å²) in [6.45, 7) is 10.3. The van der Waals surface area contributed by atoms with Gasteiger partial charge in [-0.25, -0.2) is 8.42 Å². The van der Waals surface area contributed by atoms with Crippen LogP contribution in [-0.2, 0) is 29.1 Å². The van der Waals surface area contributed by atoms with Crippen LogP contribution in [0.2, 0.25) is 0 Å². The second kappa shape index (κ2) is 15.4. The number of Topliss-reactive ketones (excluding diaryl/α,β-unsaturated/α-hetero) is 1. The Labute approximate surface area is 214 Å². The highest BCUT2D eigenvalue weighted by molar-refractivity contribution is 7.89. The van der Waals surface area contributed by atoms with Crippen LogP contribution in [0, 0.1) is 0 Å². The summed E-state index contributed by atoms with van der Waals surface area (Å²) in [5.74, 6) is -0.218. The molecular weight excluding hydrogens is 486 g/mol. The van der Waals surface area contributed by atoms with Crippen LogP contribution in [-0.4, -0.2) is 62.9 Å². The van der Waals surface area contributed by atoms with Crippen molar-refractivity contribution in [2.75, 3.05) is 31.8 Å². The summed E-state index contributed by atoms with van der Waals surface area (Å²) in [5, 5.41) is 5.61. The molecule has 0 spiro atoms. The fourth-order valence-electron chi connectivity index (χ4n) is 3.55. The Morgan fingerprint density at radius 2 is 1.75 bits per heavy atom. The monoisotopic (exact) mass is 525 g/mol. The first-order valence-corrected chi connectivity index (χ1v) is 13.8. The number of anilines is 1. The fourth-order valence-corrected chi connectivity index (χ4v) is 5.02. The van der Waals surface area contributed by atoms with Crippen LogP contribution in [0.25, 0.3) is 0 Å². The van der Waals surface area contributed by atoms with Crippen LogP contribution < -0.4 is 9.75 Å². The molecule has 2 rings (SSSR count). The van der Waals surface area contributed by atoms with Gasteiger partial charge in [-0.2, -0.15) is 14.4 Å². The SMILES string of the molecule is CCCC(=O)CC(=O)OCC.CCCC1=NN(c2cc(S(=O)(=O)N(CC)CC)ccc2OC)C(=O)C1. The van der Waals surface area contributed by atoms with Gasteiger partial charge in [-0.15, -0.1) is 0 Å². The maximum Gasteiger partial charge on any atom is 0.313 e. The second-order valence-corrected chi connectivity index (χ2v) is 9.93. The summed E-state index contributed by atoms with van der Waals surface area (Å²) in [6, 6.07) is 4.52. The number of ketones is 1. The first-order valence-electron chi connectivity index (χ1n) is 12.3. The minimum absolute atomic E-state index is 0.0362. The third-order valence-corrected chi connectivity index (χ3v) is 7.31. The molecule has 0 bridgehead atoms. The van der Waals surface area contributed by atoms with Gasteiger partial charge in [0.1, 0.15) is 23.6 Å². The van der Waals surface area contributed by atoms with E-state index in [9.17, 15) is 22.8 Å². The molecule has 1 heterocycles. The third-order valence-electron chi connectivity index (χ3n) is 5.27. The number of rotatable bonds is 13. The number of sulfonamides is 1. The molecule has 0 unspecified atom stereocenters. The van der Waals surface area contributed by atoms with E-state index in [1.807, 2.05) is 13.8 Å². The van der Waals surface area contributed by atoms with E-state index in [4.69, 9.17) is 4.74 Å². The molecule has 202 valence electrons. The smallest absolute Gasteiger partial charge is 0.313 e. The van der Waals surface area contributed by atoms with E-state index in [1.54, 1.807) is 26.8 Å². The van der Waals surface area contributed by atoms with Crippen molar-refractivity contribution < 1.29 is 32.3 Å². The van der Waals surface area contributed by atoms with Gasteiger partial charge in [0, 0.05) is 25.2 Å². The van der Waals surface area contributed by atoms with Gasteiger partial charge in [0.05, 0.1) is 25.0 Å². The molecule has 0 saturated carbocycles. The van der Waals surface area contributed by atoms with Crippen molar-refractivity contribution in [3.8, 4) is 5.75 Å². The molecule has 0 aromatic heterocycles. The molecule has 0 saturated heterocycles. The lowest BCUT2D eigenvalue weighted by Gasteiger charge is -2.21. The van der Waals surface area contributed by atoms with E-state index >= 15 is 0 Å². The van der Waals surface area contributed by atoms with Gasteiger partial charge in [-0.3, -0.25) is 14.4 Å². The molecule has 1 aliphatic rings. The highest BCUT2D eigenvalue weighted by Gasteiger charge is 2.29. The number of nitrogens with zero attached hydrogens (tertiary/aromatic N) is 3. The zero-order valence-corrected chi connectivity index (χ0v) is 23.0. The Balaban J connectivity index is 0.000000497. The first kappa shape index (κ1) is 31.2. The molecule has 1 aromatic carbocycles. The Bertz CT molecular complexity index is 1020. The summed E-state index contributed by atoms with van der Waals surface area (Å²) < 4.78 is 36.8. The van der Waals surface area contributed by atoms with Crippen molar-refractivity contribution in [3.63, 3.8) is 0 Å². The molecule has 36 heavy (non-hydrogen) atoms. The number of benzene rings is 1. The minimum atomic E-state index is -3.63. The second-order valence-electron chi connectivity index (χ2n) is 7.99.